The van der Waals surface area contributed by atoms with Crippen LogP contribution >= 0.6 is 0 Å². The van der Waals surface area contributed by atoms with Gasteiger partial charge in [-0.15, -0.1) is 0 Å². The Morgan fingerprint density at radius 3 is 2.32 bits per heavy atom. The number of hydrogen-bond donors (Lipinski definition) is 4. The largest absolute Gasteiger partial charge is 0.356 e. The molecule has 38 heavy (non-hydrogen) atoms. The monoisotopic (exact) mass is 530 g/mol. The van der Waals surface area contributed by atoms with Crippen LogP contribution in [0.5, 0.6) is 0 Å². The number of piperidine rings is 1. The van der Waals surface area contributed by atoms with E-state index in [1.165, 1.54) is 36.4 Å². The van der Waals surface area contributed by atoms with E-state index in [4.69, 9.17) is 0 Å². The fourth-order valence-electron chi connectivity index (χ4n) is 4.25. The average molecular weight is 531 g/mol. The van der Waals surface area contributed by atoms with Crippen molar-refractivity contribution in [1.29, 1.82) is 0 Å². The van der Waals surface area contributed by atoms with E-state index < -0.39 is 35.8 Å². The summed E-state index contributed by atoms with van der Waals surface area (Å²) in [6, 6.07) is 2.89. The molecule has 1 aliphatic heterocycles. The van der Waals surface area contributed by atoms with Gasteiger partial charge in [0.15, 0.2) is 0 Å². The lowest BCUT2D eigenvalue weighted by molar-refractivity contribution is -0.133. The van der Waals surface area contributed by atoms with Gasteiger partial charge in [-0.05, 0) is 61.3 Å². The number of rotatable bonds is 13. The molecule has 0 aliphatic carbocycles. The van der Waals surface area contributed by atoms with Crippen molar-refractivity contribution in [3.8, 4) is 0 Å². The fourth-order valence-corrected chi connectivity index (χ4v) is 4.25. The molecule has 0 bridgehead atoms. The van der Waals surface area contributed by atoms with Gasteiger partial charge in [0.05, 0.1) is 6.04 Å². The van der Waals surface area contributed by atoms with E-state index in [0.717, 1.165) is 6.42 Å². The smallest absolute Gasteiger partial charge is 0.244 e. The summed E-state index contributed by atoms with van der Waals surface area (Å²) in [6.07, 6.45) is 5.33. The van der Waals surface area contributed by atoms with Crippen molar-refractivity contribution in [3.63, 3.8) is 0 Å². The third-order valence-corrected chi connectivity index (χ3v) is 6.31. The summed E-state index contributed by atoms with van der Waals surface area (Å²) >= 11 is 0. The highest BCUT2D eigenvalue weighted by Crippen LogP contribution is 2.17. The van der Waals surface area contributed by atoms with E-state index in [1.54, 1.807) is 13.8 Å². The molecule has 1 saturated heterocycles. The SMILES string of the molecule is CC(C)C[C@H](NC(=O)[C@@H](NC(=O)/C=C/c1ccc(F)cc1)C(C)C)C(=O)N[C@H](C=O)C[C@@H]1CCCNC1=O. The molecule has 4 N–H and O–H groups in total. The second kappa shape index (κ2) is 15.0. The van der Waals surface area contributed by atoms with Crippen LogP contribution in [-0.4, -0.2) is 54.6 Å². The first kappa shape index (κ1) is 30.7. The predicted molar refractivity (Wildman–Crippen MR) is 142 cm³/mol. The van der Waals surface area contributed by atoms with Gasteiger partial charge >= 0.3 is 0 Å². The number of amides is 4. The third-order valence-electron chi connectivity index (χ3n) is 6.31. The maximum atomic E-state index is 13.1. The molecule has 0 unspecified atom stereocenters. The first-order valence-corrected chi connectivity index (χ1v) is 13.1. The summed E-state index contributed by atoms with van der Waals surface area (Å²) in [7, 11) is 0. The number of carbonyl (C=O) groups is 5. The van der Waals surface area contributed by atoms with Crippen molar-refractivity contribution < 1.29 is 28.4 Å². The highest BCUT2D eigenvalue weighted by atomic mass is 19.1. The van der Waals surface area contributed by atoms with Gasteiger partial charge in [-0.3, -0.25) is 19.2 Å². The molecule has 4 amide bonds. The van der Waals surface area contributed by atoms with Gasteiger partial charge in [-0.1, -0.05) is 39.8 Å². The molecule has 0 aromatic heterocycles. The van der Waals surface area contributed by atoms with E-state index >= 15 is 0 Å². The molecular formula is C28H39FN4O5. The number of halogens is 1. The summed E-state index contributed by atoms with van der Waals surface area (Å²) < 4.78 is 13.1. The lowest BCUT2D eigenvalue weighted by atomic mass is 9.91. The summed E-state index contributed by atoms with van der Waals surface area (Å²) in [4.78, 5) is 62.5. The zero-order chi connectivity index (χ0) is 28.2. The molecule has 1 aromatic rings. The van der Waals surface area contributed by atoms with Gasteiger partial charge in [0, 0.05) is 18.5 Å². The number of benzene rings is 1. The third kappa shape index (κ3) is 10.1. The second-order valence-corrected chi connectivity index (χ2v) is 10.4. The number of aldehydes is 1. The molecule has 1 aliphatic rings. The van der Waals surface area contributed by atoms with E-state index in [0.29, 0.717) is 31.2 Å². The molecule has 0 saturated carbocycles. The molecule has 10 heteroatoms. The standard InChI is InChI=1S/C28H39FN4O5/c1-17(2)14-23(27(37)31-22(16-34)15-20-6-5-13-30-26(20)36)32-28(38)25(18(3)4)33-24(35)12-9-19-7-10-21(29)11-8-19/h7-12,16-18,20,22-23,25H,5-6,13-15H2,1-4H3,(H,30,36)(H,31,37)(H,32,38)(H,33,35)/b12-9+/t20-,22-,23-,25-/m0/s1. The second-order valence-electron chi connectivity index (χ2n) is 10.4. The van der Waals surface area contributed by atoms with Crippen molar-refractivity contribution in [2.75, 3.05) is 6.54 Å². The molecule has 4 atom stereocenters. The van der Waals surface area contributed by atoms with E-state index in [9.17, 15) is 28.4 Å². The minimum atomic E-state index is -0.932. The van der Waals surface area contributed by atoms with Crippen LogP contribution in [0.25, 0.3) is 6.08 Å². The zero-order valence-corrected chi connectivity index (χ0v) is 22.5. The van der Waals surface area contributed by atoms with Crippen molar-refractivity contribution in [1.82, 2.24) is 21.3 Å². The Hall–Kier alpha value is -3.56. The fraction of sp³-hybridized carbons (Fsp3) is 0.536. The van der Waals surface area contributed by atoms with Crippen LogP contribution in [0, 0.1) is 23.6 Å². The van der Waals surface area contributed by atoms with Gasteiger partial charge in [-0.25, -0.2) is 4.39 Å². The minimum Gasteiger partial charge on any atom is -0.356 e. The maximum absolute atomic E-state index is 13.1. The van der Waals surface area contributed by atoms with Gasteiger partial charge in [-0.2, -0.15) is 0 Å². The van der Waals surface area contributed by atoms with Gasteiger partial charge in [0.2, 0.25) is 23.6 Å². The number of nitrogens with one attached hydrogen (secondary N) is 4. The molecule has 0 spiro atoms. The van der Waals surface area contributed by atoms with Crippen LogP contribution in [0.15, 0.2) is 30.3 Å². The van der Waals surface area contributed by atoms with Crippen molar-refractivity contribution in [2.24, 2.45) is 17.8 Å². The molecule has 9 nitrogen and oxygen atoms in total. The topological polar surface area (TPSA) is 133 Å². The lowest BCUT2D eigenvalue weighted by Gasteiger charge is -2.28. The van der Waals surface area contributed by atoms with Crippen LogP contribution < -0.4 is 21.3 Å². The average Bonchev–Trinajstić information content (AvgIpc) is 2.86. The summed E-state index contributed by atoms with van der Waals surface area (Å²) in [5.74, 6) is -2.68. The molecule has 1 fully saturated rings. The molecule has 0 radical (unpaired) electrons. The Morgan fingerprint density at radius 2 is 1.74 bits per heavy atom. The van der Waals surface area contributed by atoms with Crippen LogP contribution in [0.3, 0.4) is 0 Å². The number of hydrogen-bond acceptors (Lipinski definition) is 5. The van der Waals surface area contributed by atoms with Crippen molar-refractivity contribution in [3.05, 3.63) is 41.7 Å². The zero-order valence-electron chi connectivity index (χ0n) is 22.5. The first-order chi connectivity index (χ1) is 18.0. The van der Waals surface area contributed by atoms with Gasteiger partial charge in [0.25, 0.3) is 0 Å². The van der Waals surface area contributed by atoms with Gasteiger partial charge < -0.3 is 26.1 Å². The molecule has 208 valence electrons. The van der Waals surface area contributed by atoms with E-state index in [-0.39, 0.29) is 35.9 Å². The van der Waals surface area contributed by atoms with Gasteiger partial charge in [0.1, 0.15) is 24.2 Å². The first-order valence-electron chi connectivity index (χ1n) is 13.1. The normalized spacial score (nSPS) is 18.0. The summed E-state index contributed by atoms with van der Waals surface area (Å²) in [6.45, 7) is 7.94. The number of carbonyl (C=O) groups excluding carboxylic acids is 5. The Labute approximate surface area is 223 Å². The Morgan fingerprint density at radius 1 is 1.05 bits per heavy atom. The highest BCUT2D eigenvalue weighted by Gasteiger charge is 2.31. The predicted octanol–water partition coefficient (Wildman–Crippen LogP) is 2.11. The molecule has 2 rings (SSSR count). The molecule has 1 aromatic carbocycles. The maximum Gasteiger partial charge on any atom is 0.244 e. The minimum absolute atomic E-state index is 0.0515. The van der Waals surface area contributed by atoms with Crippen LogP contribution in [-0.2, 0) is 24.0 Å². The van der Waals surface area contributed by atoms with Crippen LogP contribution in [0.2, 0.25) is 0 Å². The lowest BCUT2D eigenvalue weighted by Crippen LogP contribution is -2.56. The quantitative estimate of drug-likeness (QED) is 0.229. The Kier molecular flexibility index (Phi) is 12.1. The van der Waals surface area contributed by atoms with Crippen LogP contribution in [0.4, 0.5) is 4.39 Å². The Bertz CT molecular complexity index is 1010. The molecule has 1 heterocycles. The molecular weight excluding hydrogens is 491 g/mol. The summed E-state index contributed by atoms with van der Waals surface area (Å²) in [5.41, 5.74) is 0.621. The van der Waals surface area contributed by atoms with Crippen molar-refractivity contribution >= 4 is 36.0 Å². The van der Waals surface area contributed by atoms with E-state index in [1.807, 2.05) is 13.8 Å². The summed E-state index contributed by atoms with van der Waals surface area (Å²) in [5, 5.41) is 10.8. The van der Waals surface area contributed by atoms with Crippen molar-refractivity contribution in [2.45, 2.75) is 71.5 Å². The van der Waals surface area contributed by atoms with Crippen LogP contribution in [0.1, 0.15) is 58.9 Å². The highest BCUT2D eigenvalue weighted by molar-refractivity contribution is 5.97. The van der Waals surface area contributed by atoms with E-state index in [2.05, 4.69) is 21.3 Å². The Balaban J connectivity index is 2.04.